The Kier molecular flexibility index (Phi) is 6.49. The van der Waals surface area contributed by atoms with Crippen LogP contribution in [0.3, 0.4) is 0 Å². The lowest BCUT2D eigenvalue weighted by atomic mass is 10.0. The highest BCUT2D eigenvalue weighted by atomic mass is 32.1. The normalized spacial score (nSPS) is 19.3. The molecule has 2 N–H and O–H groups in total. The van der Waals surface area contributed by atoms with E-state index in [1.54, 1.807) is 0 Å². The Morgan fingerprint density at radius 2 is 1.79 bits per heavy atom. The fraction of sp³-hybridized carbons (Fsp3) is 0.478. The summed E-state index contributed by atoms with van der Waals surface area (Å²) in [4.78, 5) is 9.45. The van der Waals surface area contributed by atoms with Gasteiger partial charge in [-0.3, -0.25) is 0 Å². The lowest BCUT2D eigenvalue weighted by molar-refractivity contribution is 0.444. The summed E-state index contributed by atoms with van der Waals surface area (Å²) in [6.45, 7) is 7.57. The summed E-state index contributed by atoms with van der Waals surface area (Å²) < 4.78 is 0. The summed E-state index contributed by atoms with van der Waals surface area (Å²) in [5.74, 6) is 1.80. The van der Waals surface area contributed by atoms with E-state index in [4.69, 9.17) is 12.2 Å². The van der Waals surface area contributed by atoms with Crippen LogP contribution in [0, 0.1) is 5.92 Å². The zero-order valence-corrected chi connectivity index (χ0v) is 18.0. The zero-order chi connectivity index (χ0) is 20.1. The molecule has 1 aromatic heterocycles. The van der Waals surface area contributed by atoms with Crippen molar-refractivity contribution in [3.05, 3.63) is 48.2 Å². The summed E-state index contributed by atoms with van der Waals surface area (Å²) in [6, 6.07) is 12.9. The number of nitrogens with one attached hydrogen (secondary N) is 2. The van der Waals surface area contributed by atoms with Gasteiger partial charge in [-0.2, -0.15) is 0 Å². The van der Waals surface area contributed by atoms with Crippen molar-refractivity contribution in [2.45, 2.75) is 39.2 Å². The van der Waals surface area contributed by atoms with Crippen molar-refractivity contribution in [1.82, 2.24) is 10.3 Å². The second-order valence-corrected chi connectivity index (χ2v) is 8.68. The maximum atomic E-state index is 5.45. The molecule has 0 bridgehead atoms. The molecule has 0 aliphatic carbocycles. The second kappa shape index (κ2) is 9.44. The molecule has 0 unspecified atom stereocenters. The van der Waals surface area contributed by atoms with E-state index in [1.165, 1.54) is 50.0 Å². The zero-order valence-electron chi connectivity index (χ0n) is 17.2. The first-order chi connectivity index (χ1) is 14.2. The molecule has 2 aromatic rings. The number of hydrogen-bond donors (Lipinski definition) is 2. The number of nitrogens with zero attached hydrogens (tertiary/aromatic N) is 3. The Hall–Kier alpha value is -2.34. The Morgan fingerprint density at radius 1 is 1.03 bits per heavy atom. The first-order valence-electron chi connectivity index (χ1n) is 10.8. The van der Waals surface area contributed by atoms with Crippen molar-refractivity contribution in [3.8, 4) is 0 Å². The number of hydrogen-bond acceptors (Lipinski definition) is 4. The third-order valence-electron chi connectivity index (χ3n) is 5.85. The summed E-state index contributed by atoms with van der Waals surface area (Å²) in [5.41, 5.74) is 3.46. The topological polar surface area (TPSA) is 43.4 Å². The first kappa shape index (κ1) is 20.0. The molecule has 0 radical (unpaired) electrons. The van der Waals surface area contributed by atoms with E-state index < -0.39 is 0 Å². The van der Waals surface area contributed by atoms with Gasteiger partial charge in [-0.15, -0.1) is 0 Å². The number of thiocarbonyl (C=S) groups is 1. The van der Waals surface area contributed by atoms with Crippen LogP contribution in [0.1, 0.15) is 38.2 Å². The molecule has 0 saturated carbocycles. The average Bonchev–Trinajstić information content (AvgIpc) is 3.28. The fourth-order valence-corrected chi connectivity index (χ4v) is 4.39. The molecule has 29 heavy (non-hydrogen) atoms. The maximum absolute atomic E-state index is 5.45. The van der Waals surface area contributed by atoms with Crippen molar-refractivity contribution >= 4 is 34.5 Å². The van der Waals surface area contributed by atoms with E-state index in [9.17, 15) is 0 Å². The minimum absolute atomic E-state index is 0.620. The lowest BCUT2D eigenvalue weighted by Gasteiger charge is -2.31. The van der Waals surface area contributed by atoms with Crippen LogP contribution < -0.4 is 20.4 Å². The molecule has 3 heterocycles. The summed E-state index contributed by atoms with van der Waals surface area (Å²) in [7, 11) is 0. The van der Waals surface area contributed by atoms with Gasteiger partial charge in [0, 0.05) is 38.4 Å². The minimum Gasteiger partial charge on any atom is -0.372 e. The minimum atomic E-state index is 0.620. The van der Waals surface area contributed by atoms with Gasteiger partial charge in [0.2, 0.25) is 0 Å². The molecule has 6 heteroatoms. The Balaban J connectivity index is 1.25. The quantitative estimate of drug-likeness (QED) is 0.714. The van der Waals surface area contributed by atoms with Gasteiger partial charge >= 0.3 is 0 Å². The molecule has 1 aromatic carbocycles. The van der Waals surface area contributed by atoms with Gasteiger partial charge < -0.3 is 20.4 Å². The van der Waals surface area contributed by atoms with Gasteiger partial charge in [0.15, 0.2) is 5.11 Å². The van der Waals surface area contributed by atoms with Gasteiger partial charge in [-0.25, -0.2) is 4.98 Å². The number of benzene rings is 1. The van der Waals surface area contributed by atoms with Gasteiger partial charge in [-0.1, -0.05) is 19.1 Å². The van der Waals surface area contributed by atoms with Crippen LogP contribution in [0.5, 0.6) is 0 Å². The molecular weight excluding hydrogens is 378 g/mol. The van der Waals surface area contributed by atoms with E-state index in [0.29, 0.717) is 11.7 Å². The van der Waals surface area contributed by atoms with E-state index in [0.717, 1.165) is 30.5 Å². The monoisotopic (exact) mass is 409 g/mol. The third-order valence-corrected chi connectivity index (χ3v) is 6.09. The van der Waals surface area contributed by atoms with Crippen LogP contribution in [0.4, 0.5) is 17.2 Å². The average molecular weight is 410 g/mol. The molecule has 2 saturated heterocycles. The van der Waals surface area contributed by atoms with Crippen molar-refractivity contribution in [2.24, 2.45) is 5.92 Å². The van der Waals surface area contributed by atoms with Crippen molar-refractivity contribution in [2.75, 3.05) is 41.3 Å². The van der Waals surface area contributed by atoms with Crippen molar-refractivity contribution in [3.63, 3.8) is 0 Å². The van der Waals surface area contributed by atoms with Gasteiger partial charge in [0.1, 0.15) is 5.82 Å². The molecule has 2 fully saturated rings. The lowest BCUT2D eigenvalue weighted by Crippen LogP contribution is -2.34. The smallest absolute Gasteiger partial charge is 0.171 e. The summed E-state index contributed by atoms with van der Waals surface area (Å²) in [6.07, 6.45) is 7.03. The van der Waals surface area contributed by atoms with E-state index in [-0.39, 0.29) is 0 Å². The van der Waals surface area contributed by atoms with Crippen LogP contribution in [-0.4, -0.2) is 36.3 Å². The van der Waals surface area contributed by atoms with Crippen LogP contribution in [-0.2, 0) is 6.54 Å². The second-order valence-electron chi connectivity index (χ2n) is 8.27. The highest BCUT2D eigenvalue weighted by molar-refractivity contribution is 7.80. The van der Waals surface area contributed by atoms with Crippen molar-refractivity contribution < 1.29 is 0 Å². The Morgan fingerprint density at radius 3 is 2.48 bits per heavy atom. The molecule has 4 rings (SSSR count). The largest absolute Gasteiger partial charge is 0.372 e. The van der Waals surface area contributed by atoms with Gasteiger partial charge in [0.05, 0.1) is 11.9 Å². The molecule has 5 nitrogen and oxygen atoms in total. The molecule has 0 spiro atoms. The summed E-state index contributed by atoms with van der Waals surface area (Å²) >= 11 is 5.45. The standard InChI is InChI=1S/C23H31N5S/c1-18-5-4-14-28(17-18)22-11-8-20(16-24-22)26-23(29)25-15-19-6-9-21(10-7-19)27-12-2-3-13-27/h6-11,16,18H,2-5,12-15,17H2,1H3,(H2,25,26,29)/t18-/m1/s1. The molecular formula is C23H31N5S. The van der Waals surface area contributed by atoms with Crippen LogP contribution in [0.15, 0.2) is 42.6 Å². The molecule has 0 amide bonds. The highest BCUT2D eigenvalue weighted by Crippen LogP contribution is 2.22. The van der Waals surface area contributed by atoms with Crippen LogP contribution in [0.25, 0.3) is 0 Å². The fourth-order valence-electron chi connectivity index (χ4n) is 4.20. The van der Waals surface area contributed by atoms with E-state index in [2.05, 4.69) is 68.7 Å². The third kappa shape index (κ3) is 5.38. The van der Waals surface area contributed by atoms with Gasteiger partial charge in [-0.05, 0) is 73.6 Å². The van der Waals surface area contributed by atoms with E-state index in [1.807, 2.05) is 6.20 Å². The number of aromatic nitrogens is 1. The number of pyridine rings is 1. The molecule has 154 valence electrons. The first-order valence-corrected chi connectivity index (χ1v) is 11.2. The van der Waals surface area contributed by atoms with Crippen LogP contribution >= 0.6 is 12.2 Å². The summed E-state index contributed by atoms with van der Waals surface area (Å²) in [5, 5.41) is 7.15. The van der Waals surface area contributed by atoms with Crippen molar-refractivity contribution in [1.29, 1.82) is 0 Å². The number of rotatable bonds is 5. The predicted molar refractivity (Wildman–Crippen MR) is 126 cm³/mol. The molecule has 2 aliphatic heterocycles. The van der Waals surface area contributed by atoms with Gasteiger partial charge in [0.25, 0.3) is 0 Å². The number of piperidine rings is 1. The molecule has 2 aliphatic rings. The number of anilines is 3. The molecule has 1 atom stereocenters. The Bertz CT molecular complexity index is 799. The SMILES string of the molecule is C[C@@H]1CCCN(c2ccc(NC(=S)NCc3ccc(N4CCCC4)cc3)cn2)C1. The maximum Gasteiger partial charge on any atom is 0.171 e. The van der Waals surface area contributed by atoms with Crippen LogP contribution in [0.2, 0.25) is 0 Å². The predicted octanol–water partition coefficient (Wildman–Crippen LogP) is 4.40. The Labute approximate surface area is 179 Å². The highest BCUT2D eigenvalue weighted by Gasteiger charge is 2.17. The van der Waals surface area contributed by atoms with E-state index >= 15 is 0 Å².